The molecule has 0 saturated heterocycles. The molecule has 0 bridgehead atoms. The number of ether oxygens (including phenoxy) is 1. The molecule has 0 rings (SSSR count). The zero-order valence-electron chi connectivity index (χ0n) is 4.64. The monoisotopic (exact) mass is 145 g/mol. The molecule has 0 aliphatic rings. The van der Waals surface area contributed by atoms with Gasteiger partial charge in [-0.05, 0) is 5.22 Å². The van der Waals surface area contributed by atoms with Crippen LogP contribution in [-0.2, 0) is 4.74 Å². The van der Waals surface area contributed by atoms with Crippen LogP contribution in [0.4, 0.5) is 9.59 Å². The summed E-state index contributed by atoms with van der Waals surface area (Å²) in [5.41, 5.74) is 13.5. The Kier molecular flexibility index (Phi) is 3.21. The van der Waals surface area contributed by atoms with Crippen LogP contribution < -0.4 is 11.2 Å². The second kappa shape index (κ2) is 3.98. The highest BCUT2D eigenvalue weighted by Crippen LogP contribution is 1.75. The number of nitrogens with zero attached hydrogens (tertiary/aromatic N) is 3. The molecule has 0 spiro atoms. The minimum atomic E-state index is -1.27. The molecule has 8 heteroatoms. The van der Waals surface area contributed by atoms with E-state index in [1.807, 2.05) is 0 Å². The lowest BCUT2D eigenvalue weighted by Crippen LogP contribution is -2.25. The third kappa shape index (κ3) is 4.22. The normalized spacial score (nSPS) is 7.20. The molecule has 0 heterocycles. The average molecular weight is 145 g/mol. The molecule has 10 heavy (non-hydrogen) atoms. The molecule has 0 aromatic rings. The topological polar surface area (TPSA) is 130 Å². The summed E-state index contributed by atoms with van der Waals surface area (Å²) < 4.78 is 3.68. The van der Waals surface area contributed by atoms with Gasteiger partial charge in [0, 0.05) is 0 Å². The van der Waals surface area contributed by atoms with Gasteiger partial charge in [-0.3, -0.25) is 0 Å². The molecule has 0 aromatic heterocycles. The maximum atomic E-state index is 10.1. The summed E-state index contributed by atoms with van der Waals surface area (Å²) in [5.74, 6) is 0. The van der Waals surface area contributed by atoms with Crippen molar-refractivity contribution in [3.8, 4) is 0 Å². The summed E-state index contributed by atoms with van der Waals surface area (Å²) >= 11 is 0. The second-order valence-corrected chi connectivity index (χ2v) is 1.01. The molecule has 0 fully saturated rings. The van der Waals surface area contributed by atoms with Crippen LogP contribution >= 0.6 is 0 Å². The maximum absolute atomic E-state index is 10.1. The Morgan fingerprint density at radius 1 is 1.70 bits per heavy atom. The van der Waals surface area contributed by atoms with Gasteiger partial charge in [0.05, 0.1) is 0 Å². The van der Waals surface area contributed by atoms with Crippen molar-refractivity contribution in [2.45, 2.75) is 0 Å². The summed E-state index contributed by atoms with van der Waals surface area (Å²) in [4.78, 5) is 22.0. The van der Waals surface area contributed by atoms with Crippen LogP contribution in [0, 0.1) is 0 Å². The number of nitrogens with two attached hydrogens (primary N) is 1. The largest absolute Gasteiger partial charge is 0.517 e. The van der Waals surface area contributed by atoms with Crippen molar-refractivity contribution in [1.29, 1.82) is 0 Å². The molecule has 3 N–H and O–H groups in total. The molecule has 0 atom stereocenters. The van der Waals surface area contributed by atoms with E-state index in [-0.39, 0.29) is 0 Å². The fourth-order valence-corrected chi connectivity index (χ4v) is 0.177. The van der Waals surface area contributed by atoms with Gasteiger partial charge in [-0.2, -0.15) is 15.1 Å². The van der Waals surface area contributed by atoms with Crippen molar-refractivity contribution < 1.29 is 14.3 Å². The zero-order chi connectivity index (χ0) is 7.98. The van der Waals surface area contributed by atoms with E-state index in [1.165, 1.54) is 5.43 Å². The van der Waals surface area contributed by atoms with Gasteiger partial charge in [-0.25, -0.2) is 4.79 Å². The number of carbonyl (C=O) groups is 2. The molecule has 2 amide bonds. The van der Waals surface area contributed by atoms with Crippen LogP contribution in [0.2, 0.25) is 0 Å². The van der Waals surface area contributed by atoms with Crippen LogP contribution in [0.5, 0.6) is 0 Å². The van der Waals surface area contributed by atoms with Gasteiger partial charge in [-0.1, -0.05) is 0 Å². The van der Waals surface area contributed by atoms with E-state index in [0.717, 1.165) is 0 Å². The second-order valence-electron chi connectivity index (χ2n) is 1.01. The van der Waals surface area contributed by atoms with Crippen molar-refractivity contribution in [3.63, 3.8) is 0 Å². The first-order valence-electron chi connectivity index (χ1n) is 1.98. The summed E-state index contributed by atoms with van der Waals surface area (Å²) in [7, 11) is 0. The first-order chi connectivity index (χ1) is 4.66. The molecule has 0 aliphatic carbocycles. The SMILES string of the molecule is [N-]=[N+]=NNC(=O)OC(N)=O. The molecule has 0 radical (unpaired) electrons. The molecule has 54 valence electrons. The van der Waals surface area contributed by atoms with E-state index in [4.69, 9.17) is 5.53 Å². The van der Waals surface area contributed by atoms with Crippen molar-refractivity contribution in [3.05, 3.63) is 10.4 Å². The smallest absolute Gasteiger partial charge is 0.340 e. The highest BCUT2D eigenvalue weighted by Gasteiger charge is 2.06. The minimum absolute atomic E-state index is 1.22. The standard InChI is InChI=1S/C2H3N5O3/c3-1(8)10-2(9)5-7-6-4/h(H2,3,8)(H,5,9). The van der Waals surface area contributed by atoms with Gasteiger partial charge in [0.25, 0.3) is 0 Å². The first kappa shape index (κ1) is 8.05. The van der Waals surface area contributed by atoms with E-state index in [9.17, 15) is 9.59 Å². The fraction of sp³-hybridized carbons (Fsp3) is 0. The highest BCUT2D eigenvalue weighted by molar-refractivity contribution is 5.82. The number of primary amides is 1. The zero-order valence-corrected chi connectivity index (χ0v) is 4.64. The highest BCUT2D eigenvalue weighted by atomic mass is 16.6. The van der Waals surface area contributed by atoms with Gasteiger partial charge >= 0.3 is 12.2 Å². The molecule has 0 aromatic carbocycles. The fourth-order valence-electron chi connectivity index (χ4n) is 0.177. The molecule has 0 saturated carbocycles. The number of amides is 2. The van der Waals surface area contributed by atoms with Crippen LogP contribution in [0.1, 0.15) is 0 Å². The Morgan fingerprint density at radius 3 is 2.70 bits per heavy atom. The molecule has 8 nitrogen and oxygen atoms in total. The van der Waals surface area contributed by atoms with Crippen LogP contribution in [0.3, 0.4) is 0 Å². The third-order valence-corrected chi connectivity index (χ3v) is 0.379. The molecule has 0 aliphatic heterocycles. The van der Waals surface area contributed by atoms with E-state index in [2.05, 4.69) is 20.6 Å². The lowest BCUT2D eigenvalue weighted by Gasteiger charge is -1.90. The summed E-state index contributed by atoms with van der Waals surface area (Å²) in [6, 6.07) is 0. The lowest BCUT2D eigenvalue weighted by molar-refractivity contribution is 0.157. The van der Waals surface area contributed by atoms with Crippen molar-refractivity contribution >= 4 is 12.2 Å². The van der Waals surface area contributed by atoms with Crippen LogP contribution in [0.25, 0.3) is 10.4 Å². The Bertz CT molecular complexity index is 187. The van der Waals surface area contributed by atoms with Gasteiger partial charge in [-0.15, -0.1) is 5.53 Å². The molecular formula is C2H3N5O3. The van der Waals surface area contributed by atoms with Crippen LogP contribution in [0.15, 0.2) is 5.22 Å². The van der Waals surface area contributed by atoms with Gasteiger partial charge < -0.3 is 10.5 Å². The van der Waals surface area contributed by atoms with Crippen molar-refractivity contribution in [1.82, 2.24) is 5.43 Å². The quantitative estimate of drug-likeness (QED) is 0.177. The van der Waals surface area contributed by atoms with E-state index in [1.54, 1.807) is 0 Å². The van der Waals surface area contributed by atoms with Crippen molar-refractivity contribution in [2.24, 2.45) is 11.0 Å². The number of carbonyl (C=O) groups excluding carboxylic acids is 2. The Morgan fingerprint density at radius 2 is 2.30 bits per heavy atom. The lowest BCUT2D eigenvalue weighted by atomic mass is 11.1. The van der Waals surface area contributed by atoms with Crippen molar-refractivity contribution in [2.75, 3.05) is 0 Å². The maximum Gasteiger partial charge on any atom is 0.517 e. The third-order valence-electron chi connectivity index (χ3n) is 0.379. The summed E-state index contributed by atoms with van der Waals surface area (Å²) in [6.07, 6.45) is -2.49. The number of azide groups is 1. The van der Waals surface area contributed by atoms with Gasteiger partial charge in [0.15, 0.2) is 0 Å². The Hall–Kier alpha value is -1.95. The molecular weight excluding hydrogens is 142 g/mol. The van der Waals surface area contributed by atoms with Crippen LogP contribution in [-0.4, -0.2) is 12.2 Å². The minimum Gasteiger partial charge on any atom is -0.340 e. The predicted molar refractivity (Wildman–Crippen MR) is 28.3 cm³/mol. The van der Waals surface area contributed by atoms with Gasteiger partial charge in [0.1, 0.15) is 0 Å². The number of nitrogens with one attached hydrogen (secondary N) is 1. The number of hydrogen-bond donors (Lipinski definition) is 2. The predicted octanol–water partition coefficient (Wildman–Crippen LogP) is 0.0166. The number of hydrogen-bond acceptors (Lipinski definition) is 4. The average Bonchev–Trinajstić information content (AvgIpc) is 1.82. The van der Waals surface area contributed by atoms with Gasteiger partial charge in [0.2, 0.25) is 0 Å². The first-order valence-corrected chi connectivity index (χ1v) is 1.98. The van der Waals surface area contributed by atoms with E-state index < -0.39 is 12.2 Å². The number of rotatable bonds is 1. The summed E-state index contributed by atoms with van der Waals surface area (Å²) in [5, 5.41) is 2.57. The Labute approximate surface area is 54.5 Å². The van der Waals surface area contributed by atoms with E-state index in [0.29, 0.717) is 0 Å². The van der Waals surface area contributed by atoms with E-state index >= 15 is 0 Å². The summed E-state index contributed by atoms with van der Waals surface area (Å²) in [6.45, 7) is 0. The molecule has 0 unspecified atom stereocenters. The Balaban J connectivity index is 3.64.